The lowest BCUT2D eigenvalue weighted by Gasteiger charge is -2.14. The average molecular weight is 737 g/mol. The summed E-state index contributed by atoms with van der Waals surface area (Å²) in [5.74, 6) is -1.55. The van der Waals surface area contributed by atoms with Crippen LogP contribution in [0.5, 0.6) is 11.5 Å². The van der Waals surface area contributed by atoms with Gasteiger partial charge in [-0.15, -0.1) is 0 Å². The number of nitrogens with zero attached hydrogens (tertiary/aromatic N) is 4. The third kappa shape index (κ3) is 10.8. The predicted molar refractivity (Wildman–Crippen MR) is 210 cm³/mol. The summed E-state index contributed by atoms with van der Waals surface area (Å²) in [7, 11) is 7.09. The molecule has 2 amide bonds. The van der Waals surface area contributed by atoms with Gasteiger partial charge >= 0.3 is 0 Å². The van der Waals surface area contributed by atoms with Crippen LogP contribution in [0.4, 0.5) is 45.5 Å². The van der Waals surface area contributed by atoms with Crippen LogP contribution in [0.25, 0.3) is 0 Å². The lowest BCUT2D eigenvalue weighted by atomic mass is 10.2. The number of Topliss-reactive ketones (excluding diaryl/α,β-unsaturated/α-hetero) is 2. The van der Waals surface area contributed by atoms with E-state index >= 15 is 0 Å². The van der Waals surface area contributed by atoms with E-state index in [1.807, 2.05) is 0 Å². The Bertz CT molecular complexity index is 1880. The molecule has 0 fully saturated rings. The van der Waals surface area contributed by atoms with Gasteiger partial charge in [0.25, 0.3) is 11.8 Å². The molecule has 282 valence electrons. The van der Waals surface area contributed by atoms with E-state index in [-0.39, 0.29) is 13.2 Å². The highest BCUT2D eigenvalue weighted by Gasteiger charge is 2.25. The minimum Gasteiger partial charge on any atom is -0.488 e. The quantitative estimate of drug-likeness (QED) is 0.0342. The van der Waals surface area contributed by atoms with Gasteiger partial charge in [-0.25, -0.2) is 0 Å². The molecule has 2 atom stereocenters. The summed E-state index contributed by atoms with van der Waals surface area (Å²) in [6, 6.07) is 21.2. The lowest BCUT2D eigenvalue weighted by Crippen LogP contribution is -2.31. The first-order chi connectivity index (χ1) is 26.1. The first-order valence-corrected chi connectivity index (χ1v) is 17.0. The van der Waals surface area contributed by atoms with Crippen LogP contribution in [0, 0.1) is 0 Å². The van der Waals surface area contributed by atoms with Gasteiger partial charge in [0.1, 0.15) is 36.1 Å². The van der Waals surface area contributed by atoms with Crippen molar-refractivity contribution in [1.29, 1.82) is 0 Å². The molecule has 0 saturated carbocycles. The Morgan fingerprint density at radius 3 is 1.26 bits per heavy atom. The van der Waals surface area contributed by atoms with E-state index < -0.39 is 35.5 Å². The van der Waals surface area contributed by atoms with Gasteiger partial charge in [0.05, 0.1) is 22.7 Å². The summed E-state index contributed by atoms with van der Waals surface area (Å²) >= 11 is 0. The zero-order valence-corrected chi connectivity index (χ0v) is 30.9. The van der Waals surface area contributed by atoms with Crippen LogP contribution < -0.4 is 41.4 Å². The molecule has 2 unspecified atom stereocenters. The van der Waals surface area contributed by atoms with E-state index in [9.17, 15) is 19.2 Å². The number of para-hydroxylation sites is 2. The van der Waals surface area contributed by atoms with Crippen LogP contribution in [0.2, 0.25) is 0 Å². The number of nitrogens with one attached hydrogen (secondary N) is 6. The molecule has 0 heterocycles. The Balaban J connectivity index is 1.37. The number of ether oxygens (including phenoxy) is 2. The Morgan fingerprint density at radius 2 is 0.907 bits per heavy atom. The first-order valence-electron chi connectivity index (χ1n) is 17.0. The third-order valence-electron chi connectivity index (χ3n) is 7.81. The van der Waals surface area contributed by atoms with Crippen LogP contribution in [0.3, 0.4) is 0 Å². The molecule has 0 aromatic heterocycles. The molecular weight excluding hydrogens is 692 g/mol. The number of azo groups is 2. The molecule has 0 aliphatic carbocycles. The maximum absolute atomic E-state index is 13.0. The van der Waals surface area contributed by atoms with Crippen molar-refractivity contribution in [2.75, 3.05) is 73.3 Å². The van der Waals surface area contributed by atoms with Crippen LogP contribution in [-0.4, -0.2) is 76.9 Å². The van der Waals surface area contributed by atoms with Gasteiger partial charge in [0.2, 0.25) is 12.1 Å². The second-order valence-electron chi connectivity index (χ2n) is 11.6. The number of hydrogen-bond donors (Lipinski definition) is 6. The summed E-state index contributed by atoms with van der Waals surface area (Å²) in [6.45, 7) is 2.68. The Morgan fingerprint density at radius 1 is 0.537 bits per heavy atom. The number of carbonyl (C=O) groups excluding carboxylic acids is 4. The smallest absolute Gasteiger partial charge is 0.258 e. The van der Waals surface area contributed by atoms with Crippen LogP contribution in [-0.2, 0) is 19.2 Å². The SMILES string of the molecule is CNc1ccc(NC(=O)C(N=Nc2ccccc2OCCOc2ccccc2N=NC(C(C)=O)C(=O)Nc2ccc(NC)c(NC)c2)C(C)=O)cc1NC. The third-order valence-corrected chi connectivity index (χ3v) is 7.81. The predicted octanol–water partition coefficient (Wildman–Crippen LogP) is 6.67. The average Bonchev–Trinajstić information content (AvgIpc) is 3.17. The van der Waals surface area contributed by atoms with E-state index in [1.54, 1.807) is 113 Å². The molecule has 16 nitrogen and oxygen atoms in total. The number of rotatable bonds is 19. The highest BCUT2D eigenvalue weighted by Crippen LogP contribution is 2.30. The lowest BCUT2D eigenvalue weighted by molar-refractivity contribution is -0.127. The molecule has 0 aliphatic rings. The highest BCUT2D eigenvalue weighted by molar-refractivity contribution is 6.11. The molecular formula is C38H44N10O6. The van der Waals surface area contributed by atoms with Crippen molar-refractivity contribution >= 4 is 68.9 Å². The van der Waals surface area contributed by atoms with Crippen molar-refractivity contribution in [3.05, 3.63) is 84.9 Å². The van der Waals surface area contributed by atoms with Gasteiger partial charge in [0.15, 0.2) is 11.6 Å². The number of amides is 2. The van der Waals surface area contributed by atoms with E-state index in [0.29, 0.717) is 34.2 Å². The molecule has 4 rings (SSSR count). The van der Waals surface area contributed by atoms with Gasteiger partial charge < -0.3 is 41.4 Å². The molecule has 0 aliphatic heterocycles. The van der Waals surface area contributed by atoms with Gasteiger partial charge in [-0.3, -0.25) is 19.2 Å². The van der Waals surface area contributed by atoms with Crippen molar-refractivity contribution in [2.45, 2.75) is 25.9 Å². The number of anilines is 6. The second kappa shape index (κ2) is 19.7. The number of ketones is 2. The summed E-state index contributed by atoms with van der Waals surface area (Å²) in [4.78, 5) is 50.9. The van der Waals surface area contributed by atoms with Crippen LogP contribution in [0.15, 0.2) is 105 Å². The maximum Gasteiger partial charge on any atom is 0.258 e. The zero-order valence-electron chi connectivity index (χ0n) is 30.9. The Hall–Kier alpha value is -6.84. The first kappa shape index (κ1) is 39.9. The van der Waals surface area contributed by atoms with Crippen molar-refractivity contribution in [3.63, 3.8) is 0 Å². The van der Waals surface area contributed by atoms with Crippen molar-refractivity contribution < 1.29 is 28.7 Å². The summed E-state index contributed by atoms with van der Waals surface area (Å²) in [5.41, 5.74) is 4.77. The van der Waals surface area contributed by atoms with Crippen molar-refractivity contribution in [2.24, 2.45) is 20.5 Å². The van der Waals surface area contributed by atoms with E-state index in [1.165, 1.54) is 13.8 Å². The monoisotopic (exact) mass is 736 g/mol. The summed E-state index contributed by atoms with van der Waals surface area (Å²) in [5, 5.41) is 34.1. The van der Waals surface area contributed by atoms with Gasteiger partial charge in [0, 0.05) is 39.6 Å². The highest BCUT2D eigenvalue weighted by atomic mass is 16.5. The fraction of sp³-hybridized carbons (Fsp3) is 0.263. The van der Waals surface area contributed by atoms with Crippen LogP contribution >= 0.6 is 0 Å². The number of benzene rings is 4. The largest absolute Gasteiger partial charge is 0.488 e. The van der Waals surface area contributed by atoms with Crippen molar-refractivity contribution in [1.82, 2.24) is 0 Å². The maximum atomic E-state index is 13.0. The van der Waals surface area contributed by atoms with Gasteiger partial charge in [-0.1, -0.05) is 24.3 Å². The fourth-order valence-corrected chi connectivity index (χ4v) is 5.02. The Kier molecular flexibility index (Phi) is 14.6. The summed E-state index contributed by atoms with van der Waals surface area (Å²) in [6.07, 6.45) is 0. The van der Waals surface area contributed by atoms with E-state index in [0.717, 1.165) is 22.7 Å². The normalized spacial score (nSPS) is 12.0. The van der Waals surface area contributed by atoms with E-state index in [2.05, 4.69) is 52.4 Å². The van der Waals surface area contributed by atoms with Gasteiger partial charge in [-0.2, -0.15) is 20.5 Å². The number of hydrogen-bond acceptors (Lipinski definition) is 14. The standard InChI is InChI=1S/C38H44N10O6/c1-23(49)35(37(51)43-25-15-17-27(39-3)31(21-25)41-5)47-45-29-11-7-9-13-33(29)53-19-20-54-34-14-10-8-12-30(34)46-48-36(24(2)50)38(52)44-26-16-18-28(40-4)32(22-26)42-6/h7-18,21-22,35-36,39-42H,19-20H2,1-6H3,(H,43,51)(H,44,52). The Labute approximate surface area is 313 Å². The van der Waals surface area contributed by atoms with Crippen LogP contribution in [0.1, 0.15) is 13.8 Å². The molecule has 4 aromatic rings. The molecule has 4 aromatic carbocycles. The molecule has 6 N–H and O–H groups in total. The molecule has 0 radical (unpaired) electrons. The fourth-order valence-electron chi connectivity index (χ4n) is 5.02. The molecule has 54 heavy (non-hydrogen) atoms. The topological polar surface area (TPSA) is 208 Å². The summed E-state index contributed by atoms with van der Waals surface area (Å²) < 4.78 is 11.8. The van der Waals surface area contributed by atoms with Gasteiger partial charge in [-0.05, 0) is 74.5 Å². The minimum atomic E-state index is -1.39. The van der Waals surface area contributed by atoms with Crippen molar-refractivity contribution in [3.8, 4) is 11.5 Å². The van der Waals surface area contributed by atoms with E-state index in [4.69, 9.17) is 9.47 Å². The molecule has 0 spiro atoms. The molecule has 16 heteroatoms. The molecule has 0 saturated heterocycles. The number of carbonyl (C=O) groups is 4. The molecule has 0 bridgehead atoms. The zero-order chi connectivity index (χ0) is 39.0. The second-order valence-corrected chi connectivity index (χ2v) is 11.6. The minimum absolute atomic E-state index is 0.0739.